The maximum absolute atomic E-state index is 13.9. The van der Waals surface area contributed by atoms with Crippen LogP contribution in [0.5, 0.6) is 0 Å². The van der Waals surface area contributed by atoms with E-state index < -0.39 is 0 Å². The van der Waals surface area contributed by atoms with E-state index >= 15 is 0 Å². The van der Waals surface area contributed by atoms with E-state index in [1.54, 1.807) is 24.3 Å². The van der Waals surface area contributed by atoms with Crippen LogP contribution in [0, 0.1) is 11.6 Å². The SMILES string of the molecule is CCCNC(Cc1ccc(F)cc1)c1ccccc1F. The van der Waals surface area contributed by atoms with Crippen LogP contribution in [-0.2, 0) is 6.42 Å². The third kappa shape index (κ3) is 3.87. The predicted octanol–water partition coefficient (Wildman–Crippen LogP) is 4.25. The predicted molar refractivity (Wildman–Crippen MR) is 77.5 cm³/mol. The van der Waals surface area contributed by atoms with Crippen LogP contribution in [0.1, 0.15) is 30.5 Å². The van der Waals surface area contributed by atoms with Gasteiger partial charge in [0.1, 0.15) is 11.6 Å². The molecule has 1 unspecified atom stereocenters. The Morgan fingerprint density at radius 2 is 1.70 bits per heavy atom. The highest BCUT2D eigenvalue weighted by atomic mass is 19.1. The highest BCUT2D eigenvalue weighted by Crippen LogP contribution is 2.21. The third-order valence-corrected chi connectivity index (χ3v) is 3.27. The second-order valence-corrected chi connectivity index (χ2v) is 4.86. The fourth-order valence-corrected chi connectivity index (χ4v) is 2.22. The molecule has 0 saturated heterocycles. The molecule has 0 aliphatic carbocycles. The van der Waals surface area contributed by atoms with Crippen molar-refractivity contribution in [3.8, 4) is 0 Å². The van der Waals surface area contributed by atoms with Gasteiger partial charge in [0.15, 0.2) is 0 Å². The van der Waals surface area contributed by atoms with Gasteiger partial charge >= 0.3 is 0 Å². The number of hydrogen-bond donors (Lipinski definition) is 1. The lowest BCUT2D eigenvalue weighted by atomic mass is 9.98. The largest absolute Gasteiger partial charge is 0.310 e. The molecule has 0 aliphatic heterocycles. The normalized spacial score (nSPS) is 12.3. The summed E-state index contributed by atoms with van der Waals surface area (Å²) in [7, 11) is 0. The molecule has 0 aliphatic rings. The van der Waals surface area contributed by atoms with E-state index in [9.17, 15) is 8.78 Å². The minimum Gasteiger partial charge on any atom is -0.310 e. The lowest BCUT2D eigenvalue weighted by Crippen LogP contribution is -2.25. The second kappa shape index (κ2) is 7.15. The zero-order chi connectivity index (χ0) is 14.4. The van der Waals surface area contributed by atoms with Gasteiger partial charge in [-0.25, -0.2) is 8.78 Å². The monoisotopic (exact) mass is 275 g/mol. The molecule has 0 radical (unpaired) electrons. The van der Waals surface area contributed by atoms with Crippen molar-refractivity contribution < 1.29 is 8.78 Å². The molecular formula is C17H19F2N. The van der Waals surface area contributed by atoms with Gasteiger partial charge in [0.25, 0.3) is 0 Å². The topological polar surface area (TPSA) is 12.0 Å². The molecule has 1 N–H and O–H groups in total. The molecule has 2 aromatic carbocycles. The first kappa shape index (κ1) is 14.7. The van der Waals surface area contributed by atoms with Crippen LogP contribution >= 0.6 is 0 Å². The lowest BCUT2D eigenvalue weighted by molar-refractivity contribution is 0.496. The van der Waals surface area contributed by atoms with Crippen molar-refractivity contribution in [2.24, 2.45) is 0 Å². The van der Waals surface area contributed by atoms with Crippen molar-refractivity contribution in [3.63, 3.8) is 0 Å². The van der Waals surface area contributed by atoms with Gasteiger partial charge in [-0.15, -0.1) is 0 Å². The van der Waals surface area contributed by atoms with Crippen LogP contribution in [0.25, 0.3) is 0 Å². The van der Waals surface area contributed by atoms with Crippen LogP contribution < -0.4 is 5.32 Å². The summed E-state index contributed by atoms with van der Waals surface area (Å²) < 4.78 is 26.9. The molecule has 0 spiro atoms. The fraction of sp³-hybridized carbons (Fsp3) is 0.294. The Balaban J connectivity index is 2.19. The van der Waals surface area contributed by atoms with Crippen molar-refractivity contribution in [2.45, 2.75) is 25.8 Å². The average Bonchev–Trinajstić information content (AvgIpc) is 2.46. The highest BCUT2D eigenvalue weighted by molar-refractivity contribution is 5.25. The summed E-state index contributed by atoms with van der Waals surface area (Å²) in [4.78, 5) is 0. The Morgan fingerprint density at radius 3 is 2.35 bits per heavy atom. The Labute approximate surface area is 118 Å². The quantitative estimate of drug-likeness (QED) is 0.831. The van der Waals surface area contributed by atoms with E-state index in [0.29, 0.717) is 12.0 Å². The first-order valence-corrected chi connectivity index (χ1v) is 6.93. The summed E-state index contributed by atoms with van der Waals surface area (Å²) in [5.41, 5.74) is 1.65. The summed E-state index contributed by atoms with van der Waals surface area (Å²) in [6.45, 7) is 2.89. The molecule has 2 aromatic rings. The molecule has 106 valence electrons. The molecule has 0 heterocycles. The van der Waals surface area contributed by atoms with E-state index in [1.165, 1.54) is 18.2 Å². The average molecular weight is 275 g/mol. The minimum absolute atomic E-state index is 0.0957. The molecule has 0 bridgehead atoms. The first-order valence-electron chi connectivity index (χ1n) is 6.93. The number of benzene rings is 2. The highest BCUT2D eigenvalue weighted by Gasteiger charge is 2.15. The fourth-order valence-electron chi connectivity index (χ4n) is 2.22. The maximum atomic E-state index is 13.9. The molecule has 3 heteroatoms. The summed E-state index contributed by atoms with van der Waals surface area (Å²) in [6, 6.07) is 13.1. The van der Waals surface area contributed by atoms with Crippen LogP contribution in [-0.4, -0.2) is 6.54 Å². The molecule has 0 saturated carbocycles. The molecule has 1 nitrogen and oxygen atoms in total. The maximum Gasteiger partial charge on any atom is 0.127 e. The smallest absolute Gasteiger partial charge is 0.127 e. The summed E-state index contributed by atoms with van der Waals surface area (Å²) in [5, 5.41) is 3.36. The van der Waals surface area contributed by atoms with Crippen molar-refractivity contribution in [1.29, 1.82) is 0 Å². The van der Waals surface area contributed by atoms with Crippen LogP contribution in [0.15, 0.2) is 48.5 Å². The molecule has 0 amide bonds. The zero-order valence-corrected chi connectivity index (χ0v) is 11.6. The van der Waals surface area contributed by atoms with Crippen molar-refractivity contribution in [2.75, 3.05) is 6.54 Å². The molecule has 20 heavy (non-hydrogen) atoms. The lowest BCUT2D eigenvalue weighted by Gasteiger charge is -2.19. The number of halogens is 2. The molecule has 0 aromatic heterocycles. The number of nitrogens with one attached hydrogen (secondary N) is 1. The van der Waals surface area contributed by atoms with Crippen LogP contribution in [0.2, 0.25) is 0 Å². The van der Waals surface area contributed by atoms with E-state index in [2.05, 4.69) is 12.2 Å². The van der Waals surface area contributed by atoms with Crippen molar-refractivity contribution in [3.05, 3.63) is 71.3 Å². The molecule has 0 fully saturated rings. The Morgan fingerprint density at radius 1 is 1.00 bits per heavy atom. The van der Waals surface area contributed by atoms with Gasteiger partial charge in [-0.05, 0) is 43.1 Å². The van der Waals surface area contributed by atoms with Crippen molar-refractivity contribution >= 4 is 0 Å². The first-order chi connectivity index (χ1) is 9.70. The number of hydrogen-bond acceptors (Lipinski definition) is 1. The van der Waals surface area contributed by atoms with Gasteiger partial charge in [0, 0.05) is 11.6 Å². The summed E-state index contributed by atoms with van der Waals surface area (Å²) >= 11 is 0. The van der Waals surface area contributed by atoms with Crippen LogP contribution in [0.3, 0.4) is 0 Å². The Hall–Kier alpha value is -1.74. The third-order valence-electron chi connectivity index (χ3n) is 3.27. The summed E-state index contributed by atoms with van der Waals surface area (Å²) in [6.07, 6.45) is 1.62. The van der Waals surface area contributed by atoms with Crippen LogP contribution in [0.4, 0.5) is 8.78 Å². The van der Waals surface area contributed by atoms with Gasteiger partial charge in [0.05, 0.1) is 0 Å². The Bertz CT molecular complexity index is 537. The molecular weight excluding hydrogens is 256 g/mol. The Kier molecular flexibility index (Phi) is 5.24. The van der Waals surface area contributed by atoms with Gasteiger partial charge in [-0.3, -0.25) is 0 Å². The standard InChI is InChI=1S/C17H19F2N/c1-2-11-20-17(15-5-3-4-6-16(15)19)12-13-7-9-14(18)10-8-13/h3-10,17,20H,2,11-12H2,1H3. The van der Waals surface area contributed by atoms with Gasteiger partial charge in [-0.1, -0.05) is 37.3 Å². The zero-order valence-electron chi connectivity index (χ0n) is 11.6. The van der Waals surface area contributed by atoms with E-state index in [0.717, 1.165) is 18.5 Å². The number of rotatable bonds is 6. The molecule has 2 rings (SSSR count). The molecule has 1 atom stereocenters. The van der Waals surface area contributed by atoms with Gasteiger partial charge in [-0.2, -0.15) is 0 Å². The van der Waals surface area contributed by atoms with Crippen molar-refractivity contribution in [1.82, 2.24) is 5.32 Å². The van der Waals surface area contributed by atoms with E-state index in [4.69, 9.17) is 0 Å². The second-order valence-electron chi connectivity index (χ2n) is 4.86. The van der Waals surface area contributed by atoms with E-state index in [-0.39, 0.29) is 17.7 Å². The minimum atomic E-state index is -0.252. The van der Waals surface area contributed by atoms with E-state index in [1.807, 2.05) is 6.07 Å². The summed E-state index contributed by atoms with van der Waals surface area (Å²) in [5.74, 6) is -0.457. The van der Waals surface area contributed by atoms with Gasteiger partial charge < -0.3 is 5.32 Å². The van der Waals surface area contributed by atoms with Gasteiger partial charge in [0.2, 0.25) is 0 Å².